The molecule has 19 heavy (non-hydrogen) atoms. The van der Waals surface area contributed by atoms with E-state index in [1.165, 1.54) is 6.07 Å². The number of rotatable bonds is 7. The van der Waals surface area contributed by atoms with Gasteiger partial charge in [0.15, 0.2) is 0 Å². The molecule has 0 spiro atoms. The minimum Gasteiger partial charge on any atom is -0.478 e. The SMILES string of the molecule is CCCC(CCC)C(=O)Nc1ccccc1C(=O)O. The normalized spacial score (nSPS) is 10.5. The Balaban J connectivity index is 2.83. The molecular formula is C15H21NO3. The number of carboxylic acids is 1. The maximum atomic E-state index is 12.2. The van der Waals surface area contributed by atoms with Crippen molar-refractivity contribution in [1.82, 2.24) is 0 Å². The van der Waals surface area contributed by atoms with Gasteiger partial charge in [-0.3, -0.25) is 4.79 Å². The summed E-state index contributed by atoms with van der Waals surface area (Å²) < 4.78 is 0. The van der Waals surface area contributed by atoms with E-state index in [-0.39, 0.29) is 17.4 Å². The highest BCUT2D eigenvalue weighted by molar-refractivity contribution is 6.01. The summed E-state index contributed by atoms with van der Waals surface area (Å²) in [6.45, 7) is 4.09. The molecule has 1 rings (SSSR count). The van der Waals surface area contributed by atoms with Crippen LogP contribution in [0.15, 0.2) is 24.3 Å². The van der Waals surface area contributed by atoms with Crippen LogP contribution in [0.25, 0.3) is 0 Å². The number of carboxylic acid groups (broad SMARTS) is 1. The molecule has 0 fully saturated rings. The van der Waals surface area contributed by atoms with E-state index < -0.39 is 5.97 Å². The molecule has 1 aromatic rings. The molecule has 104 valence electrons. The Bertz CT molecular complexity index is 437. The smallest absolute Gasteiger partial charge is 0.337 e. The van der Waals surface area contributed by atoms with Crippen LogP contribution in [0.2, 0.25) is 0 Å². The molecule has 1 aromatic carbocycles. The lowest BCUT2D eigenvalue weighted by atomic mass is 9.97. The summed E-state index contributed by atoms with van der Waals surface area (Å²) in [7, 11) is 0. The third-order valence-corrected chi connectivity index (χ3v) is 3.06. The highest BCUT2D eigenvalue weighted by Gasteiger charge is 2.18. The van der Waals surface area contributed by atoms with Crippen molar-refractivity contribution < 1.29 is 14.7 Å². The Kier molecular flexibility index (Phi) is 6.06. The Labute approximate surface area is 113 Å². The molecule has 0 heterocycles. The van der Waals surface area contributed by atoms with E-state index in [2.05, 4.69) is 5.32 Å². The van der Waals surface area contributed by atoms with Gasteiger partial charge in [-0.25, -0.2) is 4.79 Å². The van der Waals surface area contributed by atoms with E-state index in [1.807, 2.05) is 13.8 Å². The average molecular weight is 263 g/mol. The summed E-state index contributed by atoms with van der Waals surface area (Å²) >= 11 is 0. The maximum absolute atomic E-state index is 12.2. The summed E-state index contributed by atoms with van der Waals surface area (Å²) in [5, 5.41) is 11.8. The number of para-hydroxylation sites is 1. The Morgan fingerprint density at radius 2 is 1.74 bits per heavy atom. The van der Waals surface area contributed by atoms with Crippen molar-refractivity contribution in [3.63, 3.8) is 0 Å². The molecule has 0 aromatic heterocycles. The number of amides is 1. The molecule has 0 bridgehead atoms. The fourth-order valence-electron chi connectivity index (χ4n) is 2.12. The van der Waals surface area contributed by atoms with Gasteiger partial charge in [0.25, 0.3) is 0 Å². The summed E-state index contributed by atoms with van der Waals surface area (Å²) in [5.74, 6) is -1.16. The molecule has 4 nitrogen and oxygen atoms in total. The van der Waals surface area contributed by atoms with Crippen molar-refractivity contribution in [1.29, 1.82) is 0 Å². The van der Waals surface area contributed by atoms with Crippen molar-refractivity contribution in [3.05, 3.63) is 29.8 Å². The van der Waals surface area contributed by atoms with Gasteiger partial charge in [0, 0.05) is 5.92 Å². The van der Waals surface area contributed by atoms with Gasteiger partial charge in [-0.15, -0.1) is 0 Å². The van der Waals surface area contributed by atoms with Gasteiger partial charge < -0.3 is 10.4 Å². The lowest BCUT2D eigenvalue weighted by Gasteiger charge is -2.16. The maximum Gasteiger partial charge on any atom is 0.337 e. The van der Waals surface area contributed by atoms with Crippen LogP contribution in [0, 0.1) is 5.92 Å². The van der Waals surface area contributed by atoms with E-state index in [9.17, 15) is 9.59 Å². The fourth-order valence-corrected chi connectivity index (χ4v) is 2.12. The van der Waals surface area contributed by atoms with Gasteiger partial charge in [-0.2, -0.15) is 0 Å². The van der Waals surface area contributed by atoms with Gasteiger partial charge in [0.05, 0.1) is 11.3 Å². The van der Waals surface area contributed by atoms with Crippen LogP contribution < -0.4 is 5.32 Å². The second-order valence-corrected chi connectivity index (χ2v) is 4.61. The topological polar surface area (TPSA) is 66.4 Å². The number of anilines is 1. The van der Waals surface area contributed by atoms with E-state index in [0.717, 1.165) is 25.7 Å². The second-order valence-electron chi connectivity index (χ2n) is 4.61. The van der Waals surface area contributed by atoms with Gasteiger partial charge >= 0.3 is 5.97 Å². The molecule has 1 amide bonds. The number of aromatic carboxylic acids is 1. The molecule has 0 saturated heterocycles. The highest BCUT2D eigenvalue weighted by atomic mass is 16.4. The number of hydrogen-bond donors (Lipinski definition) is 2. The third kappa shape index (κ3) is 4.39. The number of nitrogens with one attached hydrogen (secondary N) is 1. The first kappa shape index (κ1) is 15.2. The van der Waals surface area contributed by atoms with Gasteiger partial charge in [-0.05, 0) is 25.0 Å². The van der Waals surface area contributed by atoms with E-state index in [4.69, 9.17) is 5.11 Å². The molecule has 0 aliphatic rings. The molecular weight excluding hydrogens is 242 g/mol. The van der Waals surface area contributed by atoms with Crippen LogP contribution in [0.4, 0.5) is 5.69 Å². The van der Waals surface area contributed by atoms with Crippen LogP contribution >= 0.6 is 0 Å². The van der Waals surface area contributed by atoms with Gasteiger partial charge in [-0.1, -0.05) is 38.8 Å². The zero-order chi connectivity index (χ0) is 14.3. The first-order valence-corrected chi connectivity index (χ1v) is 6.73. The van der Waals surface area contributed by atoms with Gasteiger partial charge in [0.1, 0.15) is 0 Å². The molecule has 0 unspecified atom stereocenters. The minimum absolute atomic E-state index is 0.0446. The first-order chi connectivity index (χ1) is 9.10. The zero-order valence-electron chi connectivity index (χ0n) is 11.5. The van der Waals surface area contributed by atoms with E-state index >= 15 is 0 Å². The number of carbonyl (C=O) groups is 2. The van der Waals surface area contributed by atoms with Crippen LogP contribution in [0.5, 0.6) is 0 Å². The van der Waals surface area contributed by atoms with Crippen molar-refractivity contribution in [3.8, 4) is 0 Å². The summed E-state index contributed by atoms with van der Waals surface area (Å²) in [6, 6.07) is 6.48. The van der Waals surface area contributed by atoms with Crippen LogP contribution in [-0.4, -0.2) is 17.0 Å². The monoisotopic (exact) mass is 263 g/mol. The highest BCUT2D eigenvalue weighted by Crippen LogP contribution is 2.19. The lowest BCUT2D eigenvalue weighted by Crippen LogP contribution is -2.23. The molecule has 0 saturated carbocycles. The molecule has 0 radical (unpaired) electrons. The van der Waals surface area contributed by atoms with Gasteiger partial charge in [0.2, 0.25) is 5.91 Å². The van der Waals surface area contributed by atoms with Crippen molar-refractivity contribution >= 4 is 17.6 Å². The number of benzene rings is 1. The lowest BCUT2D eigenvalue weighted by molar-refractivity contribution is -0.120. The second kappa shape index (κ2) is 7.56. The van der Waals surface area contributed by atoms with E-state index in [0.29, 0.717) is 5.69 Å². The minimum atomic E-state index is -1.03. The third-order valence-electron chi connectivity index (χ3n) is 3.06. The van der Waals surface area contributed by atoms with Crippen LogP contribution in [0.1, 0.15) is 49.9 Å². The van der Waals surface area contributed by atoms with Crippen molar-refractivity contribution in [2.24, 2.45) is 5.92 Å². The van der Waals surface area contributed by atoms with Crippen molar-refractivity contribution in [2.45, 2.75) is 39.5 Å². The summed E-state index contributed by atoms with van der Waals surface area (Å²) in [4.78, 5) is 23.2. The zero-order valence-corrected chi connectivity index (χ0v) is 11.5. The van der Waals surface area contributed by atoms with E-state index in [1.54, 1.807) is 18.2 Å². The predicted molar refractivity (Wildman–Crippen MR) is 75.3 cm³/mol. The Hall–Kier alpha value is -1.84. The number of hydrogen-bond acceptors (Lipinski definition) is 2. The van der Waals surface area contributed by atoms with Crippen LogP contribution in [0.3, 0.4) is 0 Å². The standard InChI is InChI=1S/C15H21NO3/c1-3-7-11(8-4-2)14(17)16-13-10-6-5-9-12(13)15(18)19/h5-6,9-11H,3-4,7-8H2,1-2H3,(H,16,17)(H,18,19). The Morgan fingerprint density at radius 3 is 2.26 bits per heavy atom. The molecule has 2 N–H and O–H groups in total. The molecule has 0 atom stereocenters. The quantitative estimate of drug-likeness (QED) is 0.790. The Morgan fingerprint density at radius 1 is 1.16 bits per heavy atom. The summed E-state index contributed by atoms with van der Waals surface area (Å²) in [5.41, 5.74) is 0.500. The average Bonchev–Trinajstić information content (AvgIpc) is 2.38. The predicted octanol–water partition coefficient (Wildman–Crippen LogP) is 3.54. The molecule has 0 aliphatic heterocycles. The van der Waals surface area contributed by atoms with Crippen LogP contribution in [-0.2, 0) is 4.79 Å². The first-order valence-electron chi connectivity index (χ1n) is 6.73. The number of carbonyl (C=O) groups excluding carboxylic acids is 1. The molecule has 0 aliphatic carbocycles. The summed E-state index contributed by atoms with van der Waals surface area (Å²) in [6.07, 6.45) is 3.54. The molecule has 4 heteroatoms. The fraction of sp³-hybridized carbons (Fsp3) is 0.467. The van der Waals surface area contributed by atoms with Crippen molar-refractivity contribution in [2.75, 3.05) is 5.32 Å². The largest absolute Gasteiger partial charge is 0.478 e.